The first-order valence-electron chi connectivity index (χ1n) is 8.94. The van der Waals surface area contributed by atoms with Gasteiger partial charge in [-0.1, -0.05) is 42.3 Å². The van der Waals surface area contributed by atoms with Gasteiger partial charge in [0.2, 0.25) is 15.9 Å². The number of carbonyl (C=O) groups excluding carboxylic acids is 1. The fourth-order valence-corrected chi connectivity index (χ4v) is 4.93. The van der Waals surface area contributed by atoms with Crippen molar-refractivity contribution in [1.82, 2.24) is 5.32 Å². The maximum Gasteiger partial charge on any atom is 0.243 e. The smallest absolute Gasteiger partial charge is 0.243 e. The van der Waals surface area contributed by atoms with Crippen molar-refractivity contribution in [3.8, 4) is 0 Å². The molecule has 152 valence electrons. The van der Waals surface area contributed by atoms with Crippen LogP contribution in [0.2, 0.25) is 5.02 Å². The largest absolute Gasteiger partial charge is 0.353 e. The molecule has 0 aliphatic rings. The fourth-order valence-electron chi connectivity index (χ4n) is 2.77. The molecule has 0 heterocycles. The van der Waals surface area contributed by atoms with E-state index in [1.165, 1.54) is 5.56 Å². The zero-order chi connectivity index (χ0) is 20.7. The standard InChI is InChI=1S/C20H25ClN2O3S2/c1-4-19(23(28(3,25)26)17-7-5-6-16(21)14-17)20(24)22-12-13-27-18-10-8-15(2)9-11-18/h5-11,14,19H,4,12-13H2,1-3H3,(H,22,24). The number of benzene rings is 2. The molecule has 0 saturated heterocycles. The molecule has 2 rings (SSSR count). The third-order valence-corrected chi connectivity index (χ3v) is 6.51. The first-order chi connectivity index (χ1) is 13.2. The summed E-state index contributed by atoms with van der Waals surface area (Å²) in [6.07, 6.45) is 1.44. The van der Waals surface area contributed by atoms with Gasteiger partial charge in [0.15, 0.2) is 0 Å². The van der Waals surface area contributed by atoms with Crippen molar-refractivity contribution >= 4 is 45.0 Å². The summed E-state index contributed by atoms with van der Waals surface area (Å²) >= 11 is 7.65. The van der Waals surface area contributed by atoms with Crippen LogP contribution in [0.4, 0.5) is 5.69 Å². The summed E-state index contributed by atoms with van der Waals surface area (Å²) in [5.41, 5.74) is 1.58. The van der Waals surface area contributed by atoms with Gasteiger partial charge < -0.3 is 5.32 Å². The highest BCUT2D eigenvalue weighted by molar-refractivity contribution is 7.99. The average molecular weight is 441 g/mol. The molecular formula is C20H25ClN2O3S2. The lowest BCUT2D eigenvalue weighted by atomic mass is 10.2. The van der Waals surface area contributed by atoms with Crippen LogP contribution >= 0.6 is 23.4 Å². The monoisotopic (exact) mass is 440 g/mol. The number of aryl methyl sites for hydroxylation is 1. The van der Waals surface area contributed by atoms with E-state index in [-0.39, 0.29) is 5.91 Å². The lowest BCUT2D eigenvalue weighted by Crippen LogP contribution is -2.49. The normalized spacial score (nSPS) is 12.4. The third-order valence-electron chi connectivity index (χ3n) is 4.08. The van der Waals surface area contributed by atoms with Gasteiger partial charge in [-0.05, 0) is 43.7 Å². The highest BCUT2D eigenvalue weighted by Gasteiger charge is 2.31. The summed E-state index contributed by atoms with van der Waals surface area (Å²) in [5, 5.41) is 3.27. The summed E-state index contributed by atoms with van der Waals surface area (Å²) < 4.78 is 25.9. The van der Waals surface area contributed by atoms with Crippen LogP contribution in [0, 0.1) is 6.92 Å². The number of thioether (sulfide) groups is 1. The van der Waals surface area contributed by atoms with Crippen molar-refractivity contribution in [3.63, 3.8) is 0 Å². The molecule has 0 aliphatic heterocycles. The molecule has 1 N–H and O–H groups in total. The van der Waals surface area contributed by atoms with Crippen molar-refractivity contribution in [2.45, 2.75) is 31.2 Å². The van der Waals surface area contributed by atoms with Crippen molar-refractivity contribution in [3.05, 3.63) is 59.1 Å². The number of nitrogens with zero attached hydrogens (tertiary/aromatic N) is 1. The number of anilines is 1. The molecule has 1 unspecified atom stereocenters. The second-order valence-corrected chi connectivity index (χ2v) is 9.88. The molecule has 0 aromatic heterocycles. The lowest BCUT2D eigenvalue weighted by Gasteiger charge is -2.30. The summed E-state index contributed by atoms with van der Waals surface area (Å²) in [6.45, 7) is 4.27. The molecular weight excluding hydrogens is 416 g/mol. The van der Waals surface area contributed by atoms with Crippen LogP contribution < -0.4 is 9.62 Å². The Morgan fingerprint density at radius 3 is 2.46 bits per heavy atom. The quantitative estimate of drug-likeness (QED) is 0.471. The Morgan fingerprint density at radius 1 is 1.21 bits per heavy atom. The topological polar surface area (TPSA) is 66.5 Å². The Balaban J connectivity index is 2.04. The molecule has 0 spiro atoms. The summed E-state index contributed by atoms with van der Waals surface area (Å²) in [6, 6.07) is 13.8. The zero-order valence-corrected chi connectivity index (χ0v) is 18.6. The van der Waals surface area contributed by atoms with Crippen LogP contribution in [0.1, 0.15) is 18.9 Å². The Labute approximate surface area is 176 Å². The van der Waals surface area contributed by atoms with Crippen LogP contribution in [0.15, 0.2) is 53.4 Å². The van der Waals surface area contributed by atoms with E-state index in [0.717, 1.165) is 15.5 Å². The van der Waals surface area contributed by atoms with Crippen LogP contribution in [0.25, 0.3) is 0 Å². The zero-order valence-electron chi connectivity index (χ0n) is 16.2. The number of carbonyl (C=O) groups is 1. The second kappa shape index (κ2) is 10.2. The minimum Gasteiger partial charge on any atom is -0.353 e. The Hall–Kier alpha value is -1.70. The molecule has 8 heteroatoms. The number of nitrogens with one attached hydrogen (secondary N) is 1. The van der Waals surface area contributed by atoms with Gasteiger partial charge in [0, 0.05) is 22.2 Å². The minimum absolute atomic E-state index is 0.322. The summed E-state index contributed by atoms with van der Waals surface area (Å²) in [4.78, 5) is 13.8. The summed E-state index contributed by atoms with van der Waals surface area (Å²) in [7, 11) is -3.66. The Bertz CT molecular complexity index is 902. The number of hydrogen-bond acceptors (Lipinski definition) is 4. The summed E-state index contributed by atoms with van der Waals surface area (Å²) in [5.74, 6) is 0.374. The van der Waals surface area contributed by atoms with E-state index in [9.17, 15) is 13.2 Å². The van der Waals surface area contributed by atoms with Gasteiger partial charge in [-0.15, -0.1) is 11.8 Å². The van der Waals surface area contributed by atoms with Crippen LogP contribution in [-0.4, -0.2) is 38.9 Å². The molecule has 0 radical (unpaired) electrons. The van der Waals surface area contributed by atoms with Gasteiger partial charge in [-0.2, -0.15) is 0 Å². The van der Waals surface area contributed by atoms with Crippen molar-refractivity contribution in [2.75, 3.05) is 22.9 Å². The van der Waals surface area contributed by atoms with E-state index in [0.29, 0.717) is 29.4 Å². The highest BCUT2D eigenvalue weighted by Crippen LogP contribution is 2.25. The third kappa shape index (κ3) is 6.43. The number of halogens is 1. The predicted molar refractivity (Wildman–Crippen MR) is 118 cm³/mol. The Morgan fingerprint density at radius 2 is 1.89 bits per heavy atom. The number of amides is 1. The van der Waals surface area contributed by atoms with Gasteiger partial charge in [-0.3, -0.25) is 9.10 Å². The van der Waals surface area contributed by atoms with E-state index < -0.39 is 16.1 Å². The molecule has 0 fully saturated rings. The first kappa shape index (κ1) is 22.6. The highest BCUT2D eigenvalue weighted by atomic mass is 35.5. The molecule has 1 atom stereocenters. The van der Waals surface area contributed by atoms with Crippen LogP contribution in [0.5, 0.6) is 0 Å². The molecule has 28 heavy (non-hydrogen) atoms. The van der Waals surface area contributed by atoms with E-state index >= 15 is 0 Å². The van der Waals surface area contributed by atoms with Crippen LogP contribution in [0.3, 0.4) is 0 Å². The molecule has 5 nitrogen and oxygen atoms in total. The van der Waals surface area contributed by atoms with E-state index in [2.05, 4.69) is 5.32 Å². The molecule has 2 aromatic carbocycles. The number of sulfonamides is 1. The Kier molecular flexibility index (Phi) is 8.22. The molecule has 0 saturated carbocycles. The van der Waals surface area contributed by atoms with Gasteiger partial charge in [0.05, 0.1) is 11.9 Å². The number of rotatable bonds is 9. The molecule has 0 aliphatic carbocycles. The van der Waals surface area contributed by atoms with Crippen molar-refractivity contribution < 1.29 is 13.2 Å². The van der Waals surface area contributed by atoms with Gasteiger partial charge >= 0.3 is 0 Å². The van der Waals surface area contributed by atoms with Crippen molar-refractivity contribution in [2.24, 2.45) is 0 Å². The predicted octanol–water partition coefficient (Wildman–Crippen LogP) is 4.10. The minimum atomic E-state index is -3.66. The van der Waals surface area contributed by atoms with E-state index in [1.54, 1.807) is 43.0 Å². The maximum absolute atomic E-state index is 12.7. The second-order valence-electron chi connectivity index (χ2n) is 6.42. The average Bonchev–Trinajstić information content (AvgIpc) is 2.63. The SMILES string of the molecule is CCC(C(=O)NCCSc1ccc(C)cc1)N(c1cccc(Cl)c1)S(C)(=O)=O. The fraction of sp³-hybridized carbons (Fsp3) is 0.350. The molecule has 0 bridgehead atoms. The van der Waals surface area contributed by atoms with Crippen LogP contribution in [-0.2, 0) is 14.8 Å². The van der Waals surface area contributed by atoms with E-state index in [4.69, 9.17) is 11.6 Å². The first-order valence-corrected chi connectivity index (χ1v) is 12.2. The molecule has 2 aromatic rings. The molecule has 1 amide bonds. The van der Waals surface area contributed by atoms with Gasteiger partial charge in [0.1, 0.15) is 6.04 Å². The maximum atomic E-state index is 12.7. The van der Waals surface area contributed by atoms with Gasteiger partial charge in [0.25, 0.3) is 0 Å². The number of hydrogen-bond donors (Lipinski definition) is 1. The van der Waals surface area contributed by atoms with Crippen molar-refractivity contribution in [1.29, 1.82) is 0 Å². The van der Waals surface area contributed by atoms with E-state index in [1.807, 2.05) is 31.2 Å². The lowest BCUT2D eigenvalue weighted by molar-refractivity contribution is -0.122. The van der Waals surface area contributed by atoms with Gasteiger partial charge in [-0.25, -0.2) is 8.42 Å².